The molecule has 0 aliphatic carbocycles. The van der Waals surface area contributed by atoms with Crippen molar-refractivity contribution in [1.82, 2.24) is 9.91 Å². The van der Waals surface area contributed by atoms with Crippen LogP contribution in [0.5, 0.6) is 0 Å². The van der Waals surface area contributed by atoms with Gasteiger partial charge in [-0.15, -0.1) is 0 Å². The first-order valence-corrected chi connectivity index (χ1v) is 4.69. The lowest BCUT2D eigenvalue weighted by Gasteiger charge is -2.41. The highest BCUT2D eigenvalue weighted by Gasteiger charge is 2.46. The summed E-state index contributed by atoms with van der Waals surface area (Å²) in [5.74, 6) is 5.82. The first-order chi connectivity index (χ1) is 5.84. The number of nitrogens with zero attached hydrogens (tertiary/aromatic N) is 2. The van der Waals surface area contributed by atoms with E-state index in [1.165, 1.54) is 6.42 Å². The molecule has 0 amide bonds. The Morgan fingerprint density at radius 2 is 1.92 bits per heavy atom. The van der Waals surface area contributed by atoms with Gasteiger partial charge in [-0.25, -0.2) is 5.01 Å². The third kappa shape index (κ3) is 0.864. The summed E-state index contributed by atoms with van der Waals surface area (Å²) in [7, 11) is 0. The zero-order valence-electron chi connectivity index (χ0n) is 7.15. The molecule has 0 aromatic carbocycles. The van der Waals surface area contributed by atoms with Gasteiger partial charge in [0.1, 0.15) is 0 Å². The minimum Gasteiger partial charge on any atom is -0.378 e. The quantitative estimate of drug-likeness (QED) is 0.512. The lowest BCUT2D eigenvalue weighted by molar-refractivity contribution is -0.0800. The van der Waals surface area contributed by atoms with Crippen molar-refractivity contribution in [3.05, 3.63) is 0 Å². The van der Waals surface area contributed by atoms with Crippen molar-refractivity contribution in [2.24, 2.45) is 5.84 Å². The van der Waals surface area contributed by atoms with E-state index in [1.54, 1.807) is 0 Å². The summed E-state index contributed by atoms with van der Waals surface area (Å²) in [4.78, 5) is 2.58. The number of hydrazine groups is 1. The van der Waals surface area contributed by atoms with Gasteiger partial charge in [-0.05, 0) is 6.42 Å². The van der Waals surface area contributed by atoms with Crippen LogP contribution >= 0.6 is 0 Å². The normalized spacial score (nSPS) is 43.8. The molecule has 4 heteroatoms. The number of nitrogens with two attached hydrogens (primary N) is 1. The Morgan fingerprint density at radius 3 is 2.33 bits per heavy atom. The van der Waals surface area contributed by atoms with E-state index in [4.69, 9.17) is 10.6 Å². The Hall–Kier alpha value is -0.160. The van der Waals surface area contributed by atoms with Gasteiger partial charge < -0.3 is 4.74 Å². The molecule has 68 valence electrons. The summed E-state index contributed by atoms with van der Waals surface area (Å²) in [6, 6.07) is 2.04. The summed E-state index contributed by atoms with van der Waals surface area (Å²) >= 11 is 0. The van der Waals surface area contributed by atoms with Gasteiger partial charge in [0.05, 0.1) is 19.3 Å². The maximum absolute atomic E-state index is 5.82. The van der Waals surface area contributed by atoms with Crippen LogP contribution in [-0.2, 0) is 4.74 Å². The van der Waals surface area contributed by atoms with Gasteiger partial charge in [-0.1, -0.05) is 0 Å². The zero-order chi connectivity index (χ0) is 8.13. The third-order valence-corrected chi connectivity index (χ3v) is 3.41. The van der Waals surface area contributed by atoms with Crippen LogP contribution in [0.4, 0.5) is 0 Å². The summed E-state index contributed by atoms with van der Waals surface area (Å²) in [5.41, 5.74) is 0. The largest absolute Gasteiger partial charge is 0.378 e. The number of rotatable bonds is 1. The molecular weight excluding hydrogens is 154 g/mol. The van der Waals surface area contributed by atoms with Gasteiger partial charge in [0, 0.05) is 25.2 Å². The molecule has 3 fully saturated rings. The van der Waals surface area contributed by atoms with Crippen LogP contribution in [-0.4, -0.2) is 54.3 Å². The van der Waals surface area contributed by atoms with E-state index in [9.17, 15) is 0 Å². The van der Waals surface area contributed by atoms with Gasteiger partial charge >= 0.3 is 0 Å². The van der Waals surface area contributed by atoms with Crippen LogP contribution in [0.3, 0.4) is 0 Å². The van der Waals surface area contributed by atoms with E-state index in [-0.39, 0.29) is 0 Å². The Morgan fingerprint density at radius 1 is 1.08 bits per heavy atom. The molecule has 12 heavy (non-hydrogen) atoms. The van der Waals surface area contributed by atoms with Crippen molar-refractivity contribution < 1.29 is 4.74 Å². The van der Waals surface area contributed by atoms with Crippen molar-refractivity contribution in [3.8, 4) is 0 Å². The Bertz CT molecular complexity index is 193. The van der Waals surface area contributed by atoms with E-state index >= 15 is 0 Å². The topological polar surface area (TPSA) is 41.7 Å². The van der Waals surface area contributed by atoms with Crippen LogP contribution in [0.2, 0.25) is 0 Å². The molecule has 2 unspecified atom stereocenters. The van der Waals surface area contributed by atoms with Gasteiger partial charge in [-0.2, -0.15) is 0 Å². The van der Waals surface area contributed by atoms with Crippen molar-refractivity contribution >= 4 is 0 Å². The predicted molar refractivity (Wildman–Crippen MR) is 44.4 cm³/mol. The van der Waals surface area contributed by atoms with E-state index in [2.05, 4.69) is 4.90 Å². The molecule has 3 saturated heterocycles. The van der Waals surface area contributed by atoms with Crippen LogP contribution in [0.1, 0.15) is 6.42 Å². The van der Waals surface area contributed by atoms with E-state index in [0.29, 0.717) is 18.1 Å². The average molecular weight is 169 g/mol. The highest BCUT2D eigenvalue weighted by Crippen LogP contribution is 2.31. The molecule has 0 radical (unpaired) electrons. The number of hydrogen-bond acceptors (Lipinski definition) is 4. The maximum atomic E-state index is 5.82. The first kappa shape index (κ1) is 7.26. The molecule has 3 rings (SSSR count). The summed E-state index contributed by atoms with van der Waals surface area (Å²) in [6.45, 7) is 4.10. The van der Waals surface area contributed by atoms with Crippen molar-refractivity contribution in [3.63, 3.8) is 0 Å². The number of piperazine rings is 1. The predicted octanol–water partition coefficient (Wildman–Crippen LogP) is -0.983. The Kier molecular flexibility index (Phi) is 1.46. The standard InChI is InChI=1S/C8H15N3O/c9-11-3-6-1-7(11)2-10(6)8-4-12-5-8/h6-8H,1-5,9H2. The maximum Gasteiger partial charge on any atom is 0.0645 e. The van der Waals surface area contributed by atoms with Crippen LogP contribution in [0.15, 0.2) is 0 Å². The molecule has 2 bridgehead atoms. The molecule has 0 aromatic heterocycles. The van der Waals surface area contributed by atoms with Gasteiger partial charge in [0.15, 0.2) is 0 Å². The highest BCUT2D eigenvalue weighted by atomic mass is 16.5. The molecule has 3 heterocycles. The second kappa shape index (κ2) is 2.42. The van der Waals surface area contributed by atoms with Crippen molar-refractivity contribution in [2.75, 3.05) is 26.3 Å². The minimum absolute atomic E-state index is 0.621. The van der Waals surface area contributed by atoms with Crippen LogP contribution in [0.25, 0.3) is 0 Å². The van der Waals surface area contributed by atoms with E-state index < -0.39 is 0 Å². The number of fused-ring (bicyclic) bond motifs is 2. The molecule has 2 atom stereocenters. The lowest BCUT2D eigenvalue weighted by atomic mass is 10.2. The summed E-state index contributed by atoms with van der Waals surface area (Å²) < 4.78 is 5.20. The minimum atomic E-state index is 0.621. The number of likely N-dealkylation sites (tertiary alicyclic amines) is 1. The van der Waals surface area contributed by atoms with Gasteiger partial charge in [0.25, 0.3) is 0 Å². The fraction of sp³-hybridized carbons (Fsp3) is 1.00. The molecule has 0 aromatic rings. The fourth-order valence-corrected chi connectivity index (χ4v) is 2.59. The molecule has 4 nitrogen and oxygen atoms in total. The SMILES string of the molecule is NN1CC2CC1CN2C1COC1. The average Bonchev–Trinajstić information content (AvgIpc) is 2.42. The number of ether oxygens (including phenoxy) is 1. The number of hydrogen-bond donors (Lipinski definition) is 1. The van der Waals surface area contributed by atoms with E-state index in [0.717, 1.165) is 26.3 Å². The molecule has 2 N–H and O–H groups in total. The monoisotopic (exact) mass is 169 g/mol. The second-order valence-corrected chi connectivity index (χ2v) is 4.13. The summed E-state index contributed by atoms with van der Waals surface area (Å²) in [5, 5.41) is 2.00. The smallest absolute Gasteiger partial charge is 0.0645 e. The molecule has 0 spiro atoms. The van der Waals surface area contributed by atoms with Crippen molar-refractivity contribution in [2.45, 2.75) is 24.5 Å². The van der Waals surface area contributed by atoms with Gasteiger partial charge in [-0.3, -0.25) is 10.7 Å². The molecular formula is C8H15N3O. The lowest BCUT2D eigenvalue weighted by Crippen LogP contribution is -2.57. The third-order valence-electron chi connectivity index (χ3n) is 3.41. The Labute approximate surface area is 72.2 Å². The van der Waals surface area contributed by atoms with Gasteiger partial charge in [0.2, 0.25) is 0 Å². The molecule has 0 saturated carbocycles. The summed E-state index contributed by atoms with van der Waals surface area (Å²) in [6.07, 6.45) is 1.27. The second-order valence-electron chi connectivity index (χ2n) is 4.13. The molecule has 3 aliphatic rings. The zero-order valence-corrected chi connectivity index (χ0v) is 7.15. The first-order valence-electron chi connectivity index (χ1n) is 4.69. The molecule has 3 aliphatic heterocycles. The van der Waals surface area contributed by atoms with Crippen molar-refractivity contribution in [1.29, 1.82) is 0 Å². The highest BCUT2D eigenvalue weighted by molar-refractivity contribution is 5.01. The fourth-order valence-electron chi connectivity index (χ4n) is 2.59. The van der Waals surface area contributed by atoms with Crippen LogP contribution < -0.4 is 5.84 Å². The van der Waals surface area contributed by atoms with E-state index in [1.807, 2.05) is 5.01 Å². The Balaban J connectivity index is 1.69. The van der Waals surface area contributed by atoms with Crippen LogP contribution in [0, 0.1) is 0 Å².